The molecular weight excluding hydrogens is 268 g/mol. The van der Waals surface area contributed by atoms with Crippen molar-refractivity contribution in [2.75, 3.05) is 0 Å². The van der Waals surface area contributed by atoms with Crippen molar-refractivity contribution in [1.82, 2.24) is 0 Å². The summed E-state index contributed by atoms with van der Waals surface area (Å²) in [5, 5.41) is 0.693. The molecule has 0 radical (unpaired) electrons. The SMILES string of the molecule is O=C1C[C@H]2[C@H](CCc3cccc(Cl)c3)OC(=O)[C@H]2O1. The molecule has 2 heterocycles. The van der Waals surface area contributed by atoms with Crippen molar-refractivity contribution in [1.29, 1.82) is 0 Å². The van der Waals surface area contributed by atoms with Crippen LogP contribution in [0.25, 0.3) is 0 Å². The summed E-state index contributed by atoms with van der Waals surface area (Å²) in [7, 11) is 0. The average Bonchev–Trinajstić information content (AvgIpc) is 2.87. The lowest BCUT2D eigenvalue weighted by Gasteiger charge is -2.13. The van der Waals surface area contributed by atoms with Crippen LogP contribution in [0.15, 0.2) is 24.3 Å². The summed E-state index contributed by atoms with van der Waals surface area (Å²) in [6, 6.07) is 7.59. The smallest absolute Gasteiger partial charge is 0.348 e. The summed E-state index contributed by atoms with van der Waals surface area (Å²) in [5.41, 5.74) is 1.09. The third kappa shape index (κ3) is 2.45. The van der Waals surface area contributed by atoms with Crippen LogP contribution in [0, 0.1) is 5.92 Å². The van der Waals surface area contributed by atoms with Gasteiger partial charge in [-0.25, -0.2) is 4.79 Å². The van der Waals surface area contributed by atoms with Crippen LogP contribution in [0.5, 0.6) is 0 Å². The van der Waals surface area contributed by atoms with Crippen LogP contribution in [0.3, 0.4) is 0 Å². The predicted octanol–water partition coefficient (Wildman–Crippen LogP) is 2.13. The van der Waals surface area contributed by atoms with E-state index in [0.717, 1.165) is 12.0 Å². The van der Waals surface area contributed by atoms with Gasteiger partial charge >= 0.3 is 11.9 Å². The van der Waals surface area contributed by atoms with E-state index in [1.807, 2.05) is 24.3 Å². The zero-order chi connectivity index (χ0) is 13.4. The molecule has 0 unspecified atom stereocenters. The predicted molar refractivity (Wildman–Crippen MR) is 67.6 cm³/mol. The first-order valence-electron chi connectivity index (χ1n) is 6.28. The summed E-state index contributed by atoms with van der Waals surface area (Å²) in [6.07, 6.45) is 0.802. The van der Waals surface area contributed by atoms with Gasteiger partial charge in [0.25, 0.3) is 0 Å². The molecule has 0 N–H and O–H groups in total. The molecule has 0 bridgehead atoms. The van der Waals surface area contributed by atoms with Gasteiger partial charge in [0.05, 0.1) is 12.3 Å². The normalized spacial score (nSPS) is 29.0. The summed E-state index contributed by atoms with van der Waals surface area (Å²) >= 11 is 5.92. The van der Waals surface area contributed by atoms with E-state index in [1.54, 1.807) is 0 Å². The minimum atomic E-state index is -0.683. The van der Waals surface area contributed by atoms with Gasteiger partial charge in [0.1, 0.15) is 6.10 Å². The van der Waals surface area contributed by atoms with Crippen LogP contribution in [-0.4, -0.2) is 24.1 Å². The molecule has 0 spiro atoms. The molecule has 4 nitrogen and oxygen atoms in total. The van der Waals surface area contributed by atoms with Crippen molar-refractivity contribution in [2.45, 2.75) is 31.5 Å². The van der Waals surface area contributed by atoms with Gasteiger partial charge in [0, 0.05) is 5.02 Å². The van der Waals surface area contributed by atoms with Crippen molar-refractivity contribution in [2.24, 2.45) is 5.92 Å². The van der Waals surface area contributed by atoms with Gasteiger partial charge in [-0.05, 0) is 30.5 Å². The molecule has 2 aliphatic heterocycles. The highest BCUT2D eigenvalue weighted by atomic mass is 35.5. The Morgan fingerprint density at radius 1 is 1.26 bits per heavy atom. The molecule has 100 valence electrons. The third-order valence-electron chi connectivity index (χ3n) is 3.63. The van der Waals surface area contributed by atoms with E-state index in [1.165, 1.54) is 0 Å². The number of esters is 2. The average molecular weight is 281 g/mol. The second-order valence-electron chi connectivity index (χ2n) is 4.92. The van der Waals surface area contributed by atoms with Gasteiger partial charge in [-0.15, -0.1) is 0 Å². The quantitative estimate of drug-likeness (QED) is 0.796. The summed E-state index contributed by atoms with van der Waals surface area (Å²) in [5.74, 6) is -0.842. The fourth-order valence-electron chi connectivity index (χ4n) is 2.70. The minimum absolute atomic E-state index is 0.126. The summed E-state index contributed by atoms with van der Waals surface area (Å²) in [4.78, 5) is 22.8. The van der Waals surface area contributed by atoms with E-state index >= 15 is 0 Å². The molecule has 2 saturated heterocycles. The van der Waals surface area contributed by atoms with Crippen LogP contribution >= 0.6 is 11.6 Å². The minimum Gasteiger partial charge on any atom is -0.459 e. The number of rotatable bonds is 3. The highest BCUT2D eigenvalue weighted by molar-refractivity contribution is 6.30. The van der Waals surface area contributed by atoms with Crippen LogP contribution in [0.4, 0.5) is 0 Å². The molecule has 0 amide bonds. The Balaban J connectivity index is 1.64. The van der Waals surface area contributed by atoms with Crippen molar-refractivity contribution in [3.63, 3.8) is 0 Å². The second-order valence-corrected chi connectivity index (χ2v) is 5.36. The molecular formula is C14H13ClO4. The van der Waals surface area contributed by atoms with Crippen LogP contribution in [0.2, 0.25) is 5.02 Å². The van der Waals surface area contributed by atoms with Gasteiger partial charge in [0.15, 0.2) is 0 Å². The molecule has 0 saturated carbocycles. The van der Waals surface area contributed by atoms with E-state index in [0.29, 0.717) is 11.4 Å². The van der Waals surface area contributed by atoms with Crippen molar-refractivity contribution < 1.29 is 19.1 Å². The van der Waals surface area contributed by atoms with Crippen LogP contribution in [-0.2, 0) is 25.5 Å². The zero-order valence-corrected chi connectivity index (χ0v) is 10.9. The molecule has 0 aliphatic carbocycles. The van der Waals surface area contributed by atoms with Crippen LogP contribution in [0.1, 0.15) is 18.4 Å². The Kier molecular flexibility index (Phi) is 3.19. The maximum absolute atomic E-state index is 11.6. The fourth-order valence-corrected chi connectivity index (χ4v) is 2.92. The lowest BCUT2D eigenvalue weighted by molar-refractivity contribution is -0.158. The second kappa shape index (κ2) is 4.85. The standard InChI is InChI=1S/C14H13ClO4/c15-9-3-1-2-8(6-9)4-5-11-10-7-12(16)19-13(10)14(17)18-11/h1-3,6,10-11,13H,4-5,7H2/t10-,11-,13-/m0/s1. The lowest BCUT2D eigenvalue weighted by atomic mass is 9.93. The Hall–Kier alpha value is -1.55. The molecule has 5 heteroatoms. The largest absolute Gasteiger partial charge is 0.459 e. The Labute approximate surface area is 115 Å². The topological polar surface area (TPSA) is 52.6 Å². The molecule has 19 heavy (non-hydrogen) atoms. The number of carbonyl (C=O) groups excluding carboxylic acids is 2. The number of hydrogen-bond donors (Lipinski definition) is 0. The van der Waals surface area contributed by atoms with Crippen molar-refractivity contribution in [3.05, 3.63) is 34.9 Å². The summed E-state index contributed by atoms with van der Waals surface area (Å²) in [6.45, 7) is 0. The van der Waals surface area contributed by atoms with Crippen LogP contribution < -0.4 is 0 Å². The summed E-state index contributed by atoms with van der Waals surface area (Å²) < 4.78 is 10.2. The van der Waals surface area contributed by atoms with Crippen molar-refractivity contribution in [3.8, 4) is 0 Å². The fraction of sp³-hybridized carbons (Fsp3) is 0.429. The number of hydrogen-bond acceptors (Lipinski definition) is 4. The first-order valence-corrected chi connectivity index (χ1v) is 6.66. The lowest BCUT2D eigenvalue weighted by Crippen LogP contribution is -2.21. The monoisotopic (exact) mass is 280 g/mol. The number of carbonyl (C=O) groups is 2. The first-order chi connectivity index (χ1) is 9.13. The highest BCUT2D eigenvalue weighted by Crippen LogP contribution is 2.36. The van der Waals surface area contributed by atoms with E-state index in [2.05, 4.69) is 0 Å². The molecule has 0 aromatic heterocycles. The molecule has 1 aromatic carbocycles. The molecule has 3 atom stereocenters. The highest BCUT2D eigenvalue weighted by Gasteiger charge is 2.52. The number of halogens is 1. The molecule has 3 rings (SSSR count). The van der Waals surface area contributed by atoms with Gasteiger partial charge in [0.2, 0.25) is 6.10 Å². The number of aryl methyl sites for hydroxylation is 1. The van der Waals surface area contributed by atoms with E-state index in [9.17, 15) is 9.59 Å². The third-order valence-corrected chi connectivity index (χ3v) is 3.87. The van der Waals surface area contributed by atoms with Gasteiger partial charge in [-0.3, -0.25) is 4.79 Å². The van der Waals surface area contributed by atoms with E-state index in [4.69, 9.17) is 21.1 Å². The van der Waals surface area contributed by atoms with E-state index < -0.39 is 12.1 Å². The van der Waals surface area contributed by atoms with E-state index in [-0.39, 0.29) is 24.4 Å². The first kappa shape index (κ1) is 12.5. The Morgan fingerprint density at radius 2 is 2.11 bits per heavy atom. The number of cyclic esters (lactones) is 1. The number of benzene rings is 1. The maximum atomic E-state index is 11.6. The van der Waals surface area contributed by atoms with Gasteiger partial charge in [-0.2, -0.15) is 0 Å². The molecule has 2 fully saturated rings. The molecule has 2 aliphatic rings. The van der Waals surface area contributed by atoms with Gasteiger partial charge < -0.3 is 9.47 Å². The molecule has 1 aromatic rings. The Bertz CT molecular complexity index is 528. The Morgan fingerprint density at radius 3 is 2.89 bits per heavy atom. The van der Waals surface area contributed by atoms with Crippen molar-refractivity contribution >= 4 is 23.5 Å². The number of fused-ring (bicyclic) bond motifs is 1. The van der Waals surface area contributed by atoms with Gasteiger partial charge in [-0.1, -0.05) is 23.7 Å². The zero-order valence-electron chi connectivity index (χ0n) is 10.2. The number of ether oxygens (including phenoxy) is 2. The maximum Gasteiger partial charge on any atom is 0.348 e.